The number of halogens is 2. The van der Waals surface area contributed by atoms with Crippen LogP contribution in [0.1, 0.15) is 33.0 Å². The number of nitrogens with one attached hydrogen (secondary N) is 1. The molecular weight excluding hydrogens is 381 g/mol. The van der Waals surface area contributed by atoms with Gasteiger partial charge in [0, 0.05) is 26.8 Å². The van der Waals surface area contributed by atoms with Gasteiger partial charge in [-0.2, -0.15) is 0 Å². The Morgan fingerprint density at radius 2 is 1.92 bits per heavy atom. The van der Waals surface area contributed by atoms with Crippen molar-refractivity contribution in [1.82, 2.24) is 0 Å². The Hall–Kier alpha value is -2.25. The van der Waals surface area contributed by atoms with Gasteiger partial charge in [0.2, 0.25) is 0 Å². The number of ketones is 1. The lowest BCUT2D eigenvalue weighted by Gasteiger charge is -2.08. The van der Waals surface area contributed by atoms with E-state index in [-0.39, 0.29) is 29.3 Å². The van der Waals surface area contributed by atoms with Crippen molar-refractivity contribution in [1.29, 1.82) is 0 Å². The predicted octanol–water partition coefficient (Wildman–Crippen LogP) is 4.30. The Balaban J connectivity index is 1.77. The van der Waals surface area contributed by atoms with Gasteiger partial charge in [-0.15, -0.1) is 11.3 Å². The predicted molar refractivity (Wildman–Crippen MR) is 98.4 cm³/mol. The summed E-state index contributed by atoms with van der Waals surface area (Å²) in [6, 6.07) is 5.51. The minimum Gasteiger partial charge on any atom is -0.456 e. The third kappa shape index (κ3) is 5.64. The molecule has 0 unspecified atom stereocenters. The second kappa shape index (κ2) is 8.91. The lowest BCUT2D eigenvalue weighted by Crippen LogP contribution is -2.21. The van der Waals surface area contributed by atoms with E-state index >= 15 is 0 Å². The van der Waals surface area contributed by atoms with E-state index in [1.807, 2.05) is 13.8 Å². The fraction of sp³-hybridized carbons (Fsp3) is 0.278. The minimum absolute atomic E-state index is 0.000384. The van der Waals surface area contributed by atoms with Gasteiger partial charge in [-0.1, -0.05) is 11.6 Å². The number of hydrogen-bond acceptors (Lipinski definition) is 5. The molecular formula is C18H17ClFNO4S. The van der Waals surface area contributed by atoms with Crippen LogP contribution >= 0.6 is 22.9 Å². The van der Waals surface area contributed by atoms with Gasteiger partial charge in [0.1, 0.15) is 5.82 Å². The molecule has 1 N–H and O–H groups in total. The zero-order chi connectivity index (χ0) is 19.3. The summed E-state index contributed by atoms with van der Waals surface area (Å²) >= 11 is 7.25. The van der Waals surface area contributed by atoms with Gasteiger partial charge in [-0.25, -0.2) is 4.39 Å². The number of rotatable bonds is 7. The summed E-state index contributed by atoms with van der Waals surface area (Å²) < 4.78 is 18.3. The van der Waals surface area contributed by atoms with Crippen LogP contribution in [0.3, 0.4) is 0 Å². The number of thiophene rings is 1. The fourth-order valence-electron chi connectivity index (χ4n) is 2.26. The van der Waals surface area contributed by atoms with Crippen LogP contribution in [0.15, 0.2) is 24.3 Å². The molecule has 1 aromatic heterocycles. The highest BCUT2D eigenvalue weighted by atomic mass is 35.5. The number of benzene rings is 1. The van der Waals surface area contributed by atoms with Crippen molar-refractivity contribution < 1.29 is 23.5 Å². The first kappa shape index (κ1) is 20.1. The maximum absolute atomic E-state index is 13.5. The van der Waals surface area contributed by atoms with E-state index < -0.39 is 24.3 Å². The van der Waals surface area contributed by atoms with E-state index in [9.17, 15) is 18.8 Å². The summed E-state index contributed by atoms with van der Waals surface area (Å²) in [6.07, 6.45) is -0.133. The first-order valence-electron chi connectivity index (χ1n) is 7.77. The monoisotopic (exact) mass is 397 g/mol. The van der Waals surface area contributed by atoms with Crippen molar-refractivity contribution in [3.63, 3.8) is 0 Å². The van der Waals surface area contributed by atoms with E-state index in [0.717, 1.165) is 15.8 Å². The van der Waals surface area contributed by atoms with Crippen LogP contribution in [-0.2, 0) is 14.3 Å². The maximum Gasteiger partial charge on any atom is 0.306 e. The molecule has 0 radical (unpaired) electrons. The summed E-state index contributed by atoms with van der Waals surface area (Å²) in [4.78, 5) is 37.5. The topological polar surface area (TPSA) is 72.5 Å². The standard InChI is InChI=1S/C18H17ClFNO4S/c1-10-7-13(11(2)26-10)16(22)5-6-18(24)25-9-17(23)21-15-8-12(19)3-4-14(15)20/h3-4,7-8H,5-6,9H2,1-2H3,(H,21,23). The van der Waals surface area contributed by atoms with Crippen molar-refractivity contribution in [2.75, 3.05) is 11.9 Å². The van der Waals surface area contributed by atoms with Crippen molar-refractivity contribution in [2.45, 2.75) is 26.7 Å². The van der Waals surface area contributed by atoms with Gasteiger partial charge in [0.25, 0.3) is 5.91 Å². The van der Waals surface area contributed by atoms with Crippen LogP contribution in [0.5, 0.6) is 0 Å². The molecule has 1 amide bonds. The second-order valence-corrected chi connectivity index (χ2v) is 7.48. The Labute approximate surface area is 159 Å². The van der Waals surface area contributed by atoms with E-state index in [2.05, 4.69) is 5.32 Å². The van der Waals surface area contributed by atoms with Crippen molar-refractivity contribution in [3.05, 3.63) is 50.4 Å². The molecule has 0 fully saturated rings. The summed E-state index contributed by atoms with van der Waals surface area (Å²) in [7, 11) is 0. The van der Waals surface area contributed by atoms with E-state index in [0.29, 0.717) is 5.56 Å². The Kier molecular flexibility index (Phi) is 6.88. The smallest absolute Gasteiger partial charge is 0.306 e. The Morgan fingerprint density at radius 3 is 2.58 bits per heavy atom. The summed E-state index contributed by atoms with van der Waals surface area (Å²) in [5.41, 5.74) is 0.506. The largest absolute Gasteiger partial charge is 0.456 e. The molecule has 0 aliphatic rings. The Bertz CT molecular complexity index is 850. The molecule has 0 bridgehead atoms. The molecule has 8 heteroatoms. The molecule has 138 valence electrons. The van der Waals surface area contributed by atoms with Gasteiger partial charge in [0.15, 0.2) is 12.4 Å². The van der Waals surface area contributed by atoms with E-state index in [1.54, 1.807) is 6.07 Å². The number of anilines is 1. The van der Waals surface area contributed by atoms with Crippen molar-refractivity contribution >= 4 is 46.3 Å². The van der Waals surface area contributed by atoms with Crippen molar-refractivity contribution in [3.8, 4) is 0 Å². The minimum atomic E-state index is -0.699. The highest BCUT2D eigenvalue weighted by molar-refractivity contribution is 7.12. The fourth-order valence-corrected chi connectivity index (χ4v) is 3.37. The quantitative estimate of drug-likeness (QED) is 0.558. The molecule has 0 spiro atoms. The SMILES string of the molecule is Cc1cc(C(=O)CCC(=O)OCC(=O)Nc2cc(Cl)ccc2F)c(C)s1. The van der Waals surface area contributed by atoms with Gasteiger partial charge in [0.05, 0.1) is 12.1 Å². The number of amides is 1. The maximum atomic E-state index is 13.5. The normalized spacial score (nSPS) is 10.5. The lowest BCUT2D eigenvalue weighted by molar-refractivity contribution is -0.147. The first-order valence-corrected chi connectivity index (χ1v) is 8.96. The third-order valence-electron chi connectivity index (χ3n) is 3.46. The number of hydrogen-bond donors (Lipinski definition) is 1. The molecule has 0 aliphatic carbocycles. The Morgan fingerprint density at radius 1 is 1.19 bits per heavy atom. The number of Topliss-reactive ketones (excluding diaryl/α,β-unsaturated/α-hetero) is 1. The van der Waals surface area contributed by atoms with Gasteiger partial charge < -0.3 is 10.1 Å². The first-order chi connectivity index (χ1) is 12.3. The lowest BCUT2D eigenvalue weighted by atomic mass is 10.1. The number of carbonyl (C=O) groups is 3. The number of esters is 1. The van der Waals surface area contributed by atoms with Crippen LogP contribution in [0.2, 0.25) is 5.02 Å². The highest BCUT2D eigenvalue weighted by Gasteiger charge is 2.15. The number of ether oxygens (including phenoxy) is 1. The van der Waals surface area contributed by atoms with Crippen LogP contribution in [0, 0.1) is 19.7 Å². The summed E-state index contributed by atoms with van der Waals surface area (Å²) in [5, 5.41) is 2.53. The molecule has 0 aliphatic heterocycles. The molecule has 5 nitrogen and oxygen atoms in total. The molecule has 2 rings (SSSR count). The molecule has 2 aromatic rings. The van der Waals surface area contributed by atoms with Gasteiger partial charge in [-0.3, -0.25) is 14.4 Å². The van der Waals surface area contributed by atoms with E-state index in [1.165, 1.54) is 23.5 Å². The molecule has 0 atom stereocenters. The summed E-state index contributed by atoms with van der Waals surface area (Å²) in [5.74, 6) is -2.17. The second-order valence-electron chi connectivity index (χ2n) is 5.58. The summed E-state index contributed by atoms with van der Waals surface area (Å²) in [6.45, 7) is 3.18. The number of carbonyl (C=O) groups excluding carboxylic acids is 3. The molecule has 0 saturated carbocycles. The number of aryl methyl sites for hydroxylation is 2. The third-order valence-corrected chi connectivity index (χ3v) is 4.67. The highest BCUT2D eigenvalue weighted by Crippen LogP contribution is 2.22. The van der Waals surface area contributed by atoms with Gasteiger partial charge in [-0.05, 0) is 38.1 Å². The van der Waals surface area contributed by atoms with Crippen LogP contribution in [0.4, 0.5) is 10.1 Å². The average Bonchev–Trinajstić information content (AvgIpc) is 2.92. The zero-order valence-corrected chi connectivity index (χ0v) is 15.8. The average molecular weight is 398 g/mol. The van der Waals surface area contributed by atoms with E-state index in [4.69, 9.17) is 16.3 Å². The molecule has 1 heterocycles. The van der Waals surface area contributed by atoms with Gasteiger partial charge >= 0.3 is 5.97 Å². The van der Waals surface area contributed by atoms with Crippen molar-refractivity contribution in [2.24, 2.45) is 0 Å². The van der Waals surface area contributed by atoms with Crippen LogP contribution in [0.25, 0.3) is 0 Å². The molecule has 0 saturated heterocycles. The zero-order valence-electron chi connectivity index (χ0n) is 14.2. The van der Waals surface area contributed by atoms with Crippen LogP contribution < -0.4 is 5.32 Å². The molecule has 26 heavy (non-hydrogen) atoms. The van der Waals surface area contributed by atoms with Crippen LogP contribution in [-0.4, -0.2) is 24.3 Å². The molecule has 1 aromatic carbocycles.